The fourth-order valence-electron chi connectivity index (χ4n) is 4.15. The molecule has 2 saturated heterocycles. The summed E-state index contributed by atoms with van der Waals surface area (Å²) in [6.45, 7) is 3.17. The third kappa shape index (κ3) is 4.38. The molecule has 0 saturated carbocycles. The molecule has 13 heteroatoms. The molecule has 5 rings (SSSR count). The fourth-order valence-corrected chi connectivity index (χ4v) is 6.26. The van der Waals surface area contributed by atoms with Crippen LogP contribution in [0.5, 0.6) is 0 Å². The number of nitrogen functional groups attached to an aromatic ring is 1. The molecular formula is C20H25N7O4S2. The molecule has 0 spiro atoms. The molecule has 0 unspecified atom stereocenters. The van der Waals surface area contributed by atoms with E-state index in [1.807, 2.05) is 6.07 Å². The summed E-state index contributed by atoms with van der Waals surface area (Å²) in [5, 5.41) is 11.4. The van der Waals surface area contributed by atoms with Gasteiger partial charge in [-0.25, -0.2) is 32.7 Å². The third-order valence-electron chi connectivity index (χ3n) is 6.07. The van der Waals surface area contributed by atoms with E-state index in [0.717, 1.165) is 20.9 Å². The van der Waals surface area contributed by atoms with Crippen LogP contribution in [0, 0.1) is 0 Å². The number of rotatable bonds is 4. The predicted molar refractivity (Wildman–Crippen MR) is 125 cm³/mol. The number of thiophene rings is 1. The molecule has 11 nitrogen and oxygen atoms in total. The number of nitrogens with zero attached hydrogens (tertiary/aromatic N) is 6. The Bertz CT molecular complexity index is 1270. The zero-order valence-corrected chi connectivity index (χ0v) is 19.8. The Morgan fingerprint density at radius 2 is 1.79 bits per heavy atom. The maximum Gasteiger partial charge on any atom is 0.219 e. The predicted octanol–water partition coefficient (Wildman–Crippen LogP) is 0.810. The van der Waals surface area contributed by atoms with E-state index >= 15 is 0 Å². The van der Waals surface area contributed by atoms with Crippen molar-refractivity contribution in [3.63, 3.8) is 0 Å². The number of morpholine rings is 1. The first kappa shape index (κ1) is 22.3. The molecule has 176 valence electrons. The molecule has 2 aliphatic rings. The second-order valence-corrected chi connectivity index (χ2v) is 11.4. The quantitative estimate of drug-likeness (QED) is 0.537. The summed E-state index contributed by atoms with van der Waals surface area (Å²) in [4.78, 5) is 20.6. The molecule has 0 aliphatic carbocycles. The van der Waals surface area contributed by atoms with E-state index in [1.165, 1.54) is 21.9 Å². The minimum atomic E-state index is -3.28. The summed E-state index contributed by atoms with van der Waals surface area (Å²) in [6, 6.07) is 1.89. The van der Waals surface area contributed by atoms with Gasteiger partial charge in [0.25, 0.3) is 0 Å². The van der Waals surface area contributed by atoms with Crippen LogP contribution in [-0.4, -0.2) is 83.4 Å². The number of nitrogens with two attached hydrogens (primary N) is 1. The van der Waals surface area contributed by atoms with E-state index in [2.05, 4.69) is 14.9 Å². The van der Waals surface area contributed by atoms with Crippen molar-refractivity contribution in [2.24, 2.45) is 0 Å². The Morgan fingerprint density at radius 3 is 2.42 bits per heavy atom. The standard InChI is InChI=1S/C20H25N7O4S2/c1-33(29,30)27-4-2-20(28,3-5-27)15-10-14-16(32-15)18(26-6-8-31-9-7-26)25-17(24-14)13-11-22-19(21)23-12-13/h10-12,28H,2-9H2,1H3,(H2,21,22,23). The molecule has 2 fully saturated rings. The molecular weight excluding hydrogens is 466 g/mol. The molecule has 0 bridgehead atoms. The lowest BCUT2D eigenvalue weighted by molar-refractivity contribution is -0.00617. The number of ether oxygens (including phenoxy) is 1. The number of aromatic nitrogens is 4. The SMILES string of the molecule is CS(=O)(=O)N1CCC(O)(c2cc3nc(-c4cnc(N)nc4)nc(N4CCOCC4)c3s2)CC1. The summed E-state index contributed by atoms with van der Waals surface area (Å²) in [5.74, 6) is 1.43. The first-order valence-electron chi connectivity index (χ1n) is 10.6. The van der Waals surface area contributed by atoms with Crippen LogP contribution in [0.4, 0.5) is 11.8 Å². The topological polar surface area (TPSA) is 148 Å². The van der Waals surface area contributed by atoms with Gasteiger partial charge in [-0.2, -0.15) is 0 Å². The molecule has 5 heterocycles. The molecule has 0 atom stereocenters. The van der Waals surface area contributed by atoms with Crippen molar-refractivity contribution < 1.29 is 18.3 Å². The van der Waals surface area contributed by atoms with Gasteiger partial charge in [0, 0.05) is 43.4 Å². The Morgan fingerprint density at radius 1 is 1.12 bits per heavy atom. The normalized spacial score (nSPS) is 19.8. The monoisotopic (exact) mass is 491 g/mol. The number of hydrogen-bond acceptors (Lipinski definition) is 11. The van der Waals surface area contributed by atoms with Crippen LogP contribution in [0.25, 0.3) is 21.6 Å². The van der Waals surface area contributed by atoms with Crippen molar-refractivity contribution in [1.82, 2.24) is 24.2 Å². The number of hydrogen-bond donors (Lipinski definition) is 2. The molecule has 2 aliphatic heterocycles. The second-order valence-electron chi connectivity index (χ2n) is 8.32. The molecule has 3 aromatic rings. The fraction of sp³-hybridized carbons (Fsp3) is 0.500. The summed E-state index contributed by atoms with van der Waals surface area (Å²) >= 11 is 1.46. The highest BCUT2D eigenvalue weighted by Gasteiger charge is 2.38. The molecule has 3 aromatic heterocycles. The molecule has 0 aromatic carbocycles. The van der Waals surface area contributed by atoms with Crippen LogP contribution in [0.3, 0.4) is 0 Å². The van der Waals surface area contributed by atoms with Gasteiger partial charge in [-0.05, 0) is 18.9 Å². The smallest absolute Gasteiger partial charge is 0.219 e. The Hall–Kier alpha value is -2.45. The van der Waals surface area contributed by atoms with E-state index in [-0.39, 0.29) is 19.0 Å². The van der Waals surface area contributed by atoms with Gasteiger partial charge in [0.05, 0.1) is 35.2 Å². The van der Waals surface area contributed by atoms with Crippen LogP contribution in [-0.2, 0) is 20.4 Å². The van der Waals surface area contributed by atoms with E-state index < -0.39 is 15.6 Å². The summed E-state index contributed by atoms with van der Waals surface area (Å²) in [6.07, 6.45) is 5.03. The molecule has 0 amide bonds. The number of fused-ring (bicyclic) bond motifs is 1. The van der Waals surface area contributed by atoms with Crippen molar-refractivity contribution in [2.75, 3.05) is 56.3 Å². The van der Waals surface area contributed by atoms with Crippen molar-refractivity contribution in [1.29, 1.82) is 0 Å². The van der Waals surface area contributed by atoms with Gasteiger partial charge in [0.1, 0.15) is 5.60 Å². The lowest BCUT2D eigenvalue weighted by atomic mass is 9.91. The van der Waals surface area contributed by atoms with E-state index in [1.54, 1.807) is 12.4 Å². The molecule has 3 N–H and O–H groups in total. The van der Waals surface area contributed by atoms with Crippen LogP contribution >= 0.6 is 11.3 Å². The van der Waals surface area contributed by atoms with E-state index in [4.69, 9.17) is 20.4 Å². The first-order valence-corrected chi connectivity index (χ1v) is 13.3. The zero-order chi connectivity index (χ0) is 23.2. The first-order chi connectivity index (χ1) is 15.7. The maximum absolute atomic E-state index is 11.9. The van der Waals surface area contributed by atoms with E-state index in [0.29, 0.717) is 50.5 Å². The van der Waals surface area contributed by atoms with E-state index in [9.17, 15) is 13.5 Å². The summed E-state index contributed by atoms with van der Waals surface area (Å²) < 4.78 is 31.6. The number of anilines is 2. The van der Waals surface area contributed by atoms with Gasteiger partial charge in [-0.3, -0.25) is 0 Å². The second kappa shape index (κ2) is 8.40. The highest BCUT2D eigenvalue weighted by molar-refractivity contribution is 7.88. The third-order valence-corrected chi connectivity index (χ3v) is 8.69. The zero-order valence-electron chi connectivity index (χ0n) is 18.1. The van der Waals surface area contributed by atoms with Crippen molar-refractivity contribution in [3.8, 4) is 11.4 Å². The van der Waals surface area contributed by atoms with Gasteiger partial charge in [0.15, 0.2) is 11.6 Å². The largest absolute Gasteiger partial charge is 0.384 e. The highest BCUT2D eigenvalue weighted by Crippen LogP contribution is 2.42. The average molecular weight is 492 g/mol. The van der Waals surface area contributed by atoms with Crippen molar-refractivity contribution in [2.45, 2.75) is 18.4 Å². The highest BCUT2D eigenvalue weighted by atomic mass is 32.2. The molecule has 33 heavy (non-hydrogen) atoms. The van der Waals surface area contributed by atoms with Crippen LogP contribution in [0.1, 0.15) is 17.7 Å². The van der Waals surface area contributed by atoms with Gasteiger partial charge in [-0.1, -0.05) is 0 Å². The average Bonchev–Trinajstić information content (AvgIpc) is 3.24. The molecule has 0 radical (unpaired) electrons. The van der Waals surface area contributed by atoms with Crippen molar-refractivity contribution >= 4 is 43.3 Å². The lowest BCUT2D eigenvalue weighted by Gasteiger charge is -2.36. The lowest BCUT2D eigenvalue weighted by Crippen LogP contribution is -2.44. The van der Waals surface area contributed by atoms with Gasteiger partial charge in [-0.15, -0.1) is 11.3 Å². The van der Waals surface area contributed by atoms with Gasteiger partial charge < -0.3 is 20.5 Å². The summed E-state index contributed by atoms with van der Waals surface area (Å²) in [7, 11) is -3.28. The maximum atomic E-state index is 11.9. The Balaban J connectivity index is 1.56. The minimum absolute atomic E-state index is 0.175. The number of piperidine rings is 1. The van der Waals surface area contributed by atoms with Crippen LogP contribution in [0.15, 0.2) is 18.5 Å². The van der Waals surface area contributed by atoms with Gasteiger partial charge in [0.2, 0.25) is 16.0 Å². The van der Waals surface area contributed by atoms with Crippen molar-refractivity contribution in [3.05, 3.63) is 23.3 Å². The Kier molecular flexibility index (Phi) is 5.69. The minimum Gasteiger partial charge on any atom is -0.384 e. The summed E-state index contributed by atoms with van der Waals surface area (Å²) in [5.41, 5.74) is 5.88. The Labute approximate surface area is 195 Å². The van der Waals surface area contributed by atoms with Gasteiger partial charge >= 0.3 is 0 Å². The van der Waals surface area contributed by atoms with Crippen LogP contribution in [0.2, 0.25) is 0 Å². The number of sulfonamides is 1. The van der Waals surface area contributed by atoms with Crippen LogP contribution < -0.4 is 10.6 Å². The number of aliphatic hydroxyl groups is 1.